The van der Waals surface area contributed by atoms with Gasteiger partial charge in [-0.2, -0.15) is 0 Å². The van der Waals surface area contributed by atoms with E-state index in [0.29, 0.717) is 0 Å². The van der Waals surface area contributed by atoms with Gasteiger partial charge in [-0.1, -0.05) is 11.6 Å². The van der Waals surface area contributed by atoms with Crippen LogP contribution in [0.1, 0.15) is 11.3 Å². The lowest BCUT2D eigenvalue weighted by Crippen LogP contribution is -1.78. The van der Waals surface area contributed by atoms with E-state index >= 15 is 0 Å². The summed E-state index contributed by atoms with van der Waals surface area (Å²) in [7, 11) is 0. The molecule has 1 rings (SSSR count). The molecule has 0 unspecified atom stereocenters. The van der Waals surface area contributed by atoms with Crippen molar-refractivity contribution in [1.82, 2.24) is 0 Å². The Morgan fingerprint density at radius 2 is 2.11 bits per heavy atom. The molecule has 1 aromatic rings. The van der Waals surface area contributed by atoms with Gasteiger partial charge in [-0.25, -0.2) is 4.42 Å². The molecule has 0 aliphatic carbocycles. The summed E-state index contributed by atoms with van der Waals surface area (Å²) in [6.07, 6.45) is 1.59. The fraction of sp³-hybridized carbons (Fsp3) is 0.286. The number of hydrogen-bond acceptors (Lipinski definition) is 0. The monoisotopic (exact) mass is 143 g/mol. The van der Waals surface area contributed by atoms with Crippen molar-refractivity contribution in [1.29, 1.82) is 0 Å². The Morgan fingerprint density at radius 1 is 1.44 bits per heavy atom. The minimum atomic E-state index is 0.763. The first-order valence-electron chi connectivity index (χ1n) is 2.75. The first kappa shape index (κ1) is 6.56. The summed E-state index contributed by atoms with van der Waals surface area (Å²) >= 11 is 5.75. The van der Waals surface area contributed by atoms with Gasteiger partial charge in [0.25, 0.3) is 0 Å². The highest BCUT2D eigenvalue weighted by Crippen LogP contribution is 2.16. The Bertz CT molecular complexity index is 200. The number of aryl methyl sites for hydroxylation is 1. The van der Waals surface area contributed by atoms with Crippen LogP contribution in [-0.2, 0) is 0 Å². The molecular weight excluding hydrogens is 136 g/mol. The van der Waals surface area contributed by atoms with Crippen molar-refractivity contribution in [3.63, 3.8) is 0 Å². The van der Waals surface area contributed by atoms with Crippen molar-refractivity contribution in [2.24, 2.45) is 0 Å². The molecule has 48 valence electrons. The highest BCUT2D eigenvalue weighted by molar-refractivity contribution is 6.31. The number of halogens is 1. The van der Waals surface area contributed by atoms with Gasteiger partial charge in [-0.15, -0.1) is 0 Å². The smallest absolute Gasteiger partial charge is 0.221 e. The van der Waals surface area contributed by atoms with Gasteiger partial charge >= 0.3 is 12.0 Å². The molecule has 1 aromatic heterocycles. The van der Waals surface area contributed by atoms with Gasteiger partial charge in [-0.05, 0) is 6.92 Å². The molecule has 0 aliphatic rings. The van der Waals surface area contributed by atoms with Crippen molar-refractivity contribution >= 4 is 11.6 Å². The van der Waals surface area contributed by atoms with E-state index in [-0.39, 0.29) is 0 Å². The zero-order valence-electron chi connectivity index (χ0n) is 5.44. The predicted octanol–water partition coefficient (Wildman–Crippen LogP) is 2.83. The van der Waals surface area contributed by atoms with Gasteiger partial charge < -0.3 is 0 Å². The maximum atomic E-state index is 5.75. The molecule has 0 aliphatic heterocycles. The lowest BCUT2D eigenvalue weighted by molar-refractivity contribution is 0.511. The van der Waals surface area contributed by atoms with Gasteiger partial charge in [0.2, 0.25) is 0 Å². The van der Waals surface area contributed by atoms with Gasteiger partial charge in [0, 0.05) is 0 Å². The zero-order chi connectivity index (χ0) is 6.85. The average Bonchev–Trinajstić information content (AvgIpc) is 1.83. The van der Waals surface area contributed by atoms with Crippen molar-refractivity contribution in [2.75, 3.05) is 0 Å². The first-order valence-corrected chi connectivity index (χ1v) is 3.13. The minimum absolute atomic E-state index is 0.763. The van der Waals surface area contributed by atoms with Gasteiger partial charge in [-0.3, -0.25) is 0 Å². The Hall–Kier alpha value is -0.560. The average molecular weight is 144 g/mol. The van der Waals surface area contributed by atoms with Crippen LogP contribution < -0.4 is 0 Å². The minimum Gasteiger partial charge on any atom is -0.221 e. The second-order valence-electron chi connectivity index (χ2n) is 1.95. The van der Waals surface area contributed by atoms with Crippen LogP contribution in [0.2, 0.25) is 5.02 Å². The summed E-state index contributed by atoms with van der Waals surface area (Å²) in [6, 6.07) is 1.74. The standard InChI is InChI=1S/C7H8ClO/c1-5-6(2)9-4-3-7(5)8/h3-4H,1-2H3/q+1. The molecule has 0 amide bonds. The van der Waals surface area contributed by atoms with E-state index in [2.05, 4.69) is 0 Å². The van der Waals surface area contributed by atoms with Crippen LogP contribution >= 0.6 is 11.6 Å². The molecular formula is C7H8ClO+. The van der Waals surface area contributed by atoms with Crippen LogP contribution in [-0.4, -0.2) is 0 Å². The third-order valence-electron chi connectivity index (χ3n) is 1.35. The number of hydrogen-bond donors (Lipinski definition) is 0. The van der Waals surface area contributed by atoms with Crippen molar-refractivity contribution < 1.29 is 4.42 Å². The van der Waals surface area contributed by atoms with E-state index in [1.807, 2.05) is 13.8 Å². The predicted molar refractivity (Wildman–Crippen MR) is 37.6 cm³/mol. The van der Waals surface area contributed by atoms with Gasteiger partial charge in [0.1, 0.15) is 0 Å². The third kappa shape index (κ3) is 1.22. The molecule has 0 radical (unpaired) electrons. The molecule has 0 saturated heterocycles. The Balaban J connectivity index is 3.25. The van der Waals surface area contributed by atoms with E-state index in [4.69, 9.17) is 16.0 Å². The molecule has 2 heteroatoms. The highest BCUT2D eigenvalue weighted by atomic mass is 35.5. The lowest BCUT2D eigenvalue weighted by Gasteiger charge is -1.87. The van der Waals surface area contributed by atoms with E-state index in [1.165, 1.54) is 0 Å². The lowest BCUT2D eigenvalue weighted by atomic mass is 10.2. The Kier molecular flexibility index (Phi) is 1.72. The highest BCUT2D eigenvalue weighted by Gasteiger charge is 2.06. The first-order chi connectivity index (χ1) is 4.22. The van der Waals surface area contributed by atoms with Crippen LogP contribution in [0.5, 0.6) is 0 Å². The summed E-state index contributed by atoms with van der Waals surface area (Å²) in [6.45, 7) is 3.82. The summed E-state index contributed by atoms with van der Waals surface area (Å²) in [5, 5.41) is 0.763. The van der Waals surface area contributed by atoms with Gasteiger partial charge in [0.05, 0.1) is 23.6 Å². The van der Waals surface area contributed by atoms with Crippen molar-refractivity contribution in [3.05, 3.63) is 28.7 Å². The van der Waals surface area contributed by atoms with Crippen molar-refractivity contribution in [2.45, 2.75) is 13.8 Å². The van der Waals surface area contributed by atoms with Gasteiger partial charge in [0.15, 0.2) is 0 Å². The molecule has 1 heterocycles. The molecule has 0 N–H and O–H groups in total. The Morgan fingerprint density at radius 3 is 2.56 bits per heavy atom. The SMILES string of the molecule is Cc1[o+]ccc(Cl)c1C. The quantitative estimate of drug-likeness (QED) is 0.509. The summed E-state index contributed by atoms with van der Waals surface area (Å²) in [5.41, 5.74) is 1.01. The summed E-state index contributed by atoms with van der Waals surface area (Å²) < 4.78 is 5.05. The van der Waals surface area contributed by atoms with Crippen LogP contribution in [0, 0.1) is 13.8 Å². The Labute approximate surface area is 59.3 Å². The fourth-order valence-corrected chi connectivity index (χ4v) is 0.762. The third-order valence-corrected chi connectivity index (χ3v) is 1.75. The molecule has 0 atom stereocenters. The molecule has 0 saturated carbocycles. The zero-order valence-corrected chi connectivity index (χ0v) is 6.20. The largest absolute Gasteiger partial charge is 0.330 e. The van der Waals surface area contributed by atoms with E-state index < -0.39 is 0 Å². The van der Waals surface area contributed by atoms with E-state index in [0.717, 1.165) is 16.3 Å². The maximum absolute atomic E-state index is 5.75. The van der Waals surface area contributed by atoms with Crippen molar-refractivity contribution in [3.8, 4) is 0 Å². The molecule has 0 bridgehead atoms. The fourth-order valence-electron chi connectivity index (χ4n) is 0.577. The topological polar surface area (TPSA) is 11.3 Å². The molecule has 1 nitrogen and oxygen atoms in total. The van der Waals surface area contributed by atoms with Crippen LogP contribution in [0.25, 0.3) is 0 Å². The summed E-state index contributed by atoms with van der Waals surface area (Å²) in [4.78, 5) is 0. The number of rotatable bonds is 0. The van der Waals surface area contributed by atoms with E-state index in [9.17, 15) is 0 Å². The molecule has 0 fully saturated rings. The molecule has 9 heavy (non-hydrogen) atoms. The maximum Gasteiger partial charge on any atom is 0.330 e. The van der Waals surface area contributed by atoms with E-state index in [1.54, 1.807) is 12.3 Å². The normalized spacial score (nSPS) is 9.67. The van der Waals surface area contributed by atoms with Crippen LogP contribution in [0.4, 0.5) is 0 Å². The second kappa shape index (κ2) is 2.36. The van der Waals surface area contributed by atoms with Crippen LogP contribution in [0.3, 0.4) is 0 Å². The molecule has 0 aromatic carbocycles. The summed E-state index contributed by atoms with van der Waals surface area (Å²) in [5.74, 6) is 0.877. The second-order valence-corrected chi connectivity index (χ2v) is 2.36. The molecule has 0 spiro atoms. The van der Waals surface area contributed by atoms with Crippen LogP contribution in [0.15, 0.2) is 16.7 Å².